The summed E-state index contributed by atoms with van der Waals surface area (Å²) in [5, 5.41) is 5.17. The molecule has 154 valence electrons. The third kappa shape index (κ3) is 4.81. The highest BCUT2D eigenvalue weighted by atomic mass is 79.9. The van der Waals surface area contributed by atoms with Crippen molar-refractivity contribution >= 4 is 26.9 Å². The lowest BCUT2D eigenvalue weighted by atomic mass is 9.91. The Labute approximate surface area is 179 Å². The molecular weight excluding hydrogens is 435 g/mol. The zero-order valence-corrected chi connectivity index (χ0v) is 18.3. The minimum Gasteiger partial charge on any atom is -0.492 e. The third-order valence-corrected chi connectivity index (χ3v) is 6.34. The fourth-order valence-corrected chi connectivity index (χ4v) is 4.55. The zero-order valence-electron chi connectivity index (χ0n) is 16.7. The molecule has 6 heteroatoms. The number of aryl methyl sites for hydroxylation is 1. The fourth-order valence-electron chi connectivity index (χ4n) is 4.01. The lowest BCUT2D eigenvalue weighted by Crippen LogP contribution is -2.34. The van der Waals surface area contributed by atoms with Crippen LogP contribution in [-0.4, -0.2) is 36.3 Å². The maximum atomic E-state index is 13.3. The van der Waals surface area contributed by atoms with Gasteiger partial charge in [0.25, 0.3) is 0 Å². The van der Waals surface area contributed by atoms with Crippen LogP contribution in [-0.2, 0) is 6.42 Å². The van der Waals surface area contributed by atoms with E-state index in [1.165, 1.54) is 17.7 Å². The number of halogens is 2. The first-order chi connectivity index (χ1) is 14.1. The van der Waals surface area contributed by atoms with Gasteiger partial charge in [-0.15, -0.1) is 0 Å². The first kappa shape index (κ1) is 20.4. The summed E-state index contributed by atoms with van der Waals surface area (Å²) in [4.78, 5) is 2.48. The average Bonchev–Trinajstić information content (AvgIpc) is 3.15. The summed E-state index contributed by atoms with van der Waals surface area (Å²) in [5.74, 6) is 1.00. The molecule has 1 saturated heterocycles. The lowest BCUT2D eigenvalue weighted by Gasteiger charge is -2.31. The molecule has 1 aliphatic rings. The van der Waals surface area contributed by atoms with Crippen molar-refractivity contribution in [3.63, 3.8) is 0 Å². The number of nitrogens with zero attached hydrogens (tertiary/aromatic N) is 2. The van der Waals surface area contributed by atoms with Crippen LogP contribution in [0, 0.1) is 5.82 Å². The third-order valence-electron chi connectivity index (χ3n) is 5.72. The van der Waals surface area contributed by atoms with Crippen molar-refractivity contribution in [3.8, 4) is 5.75 Å². The van der Waals surface area contributed by atoms with Crippen LogP contribution in [0.15, 0.2) is 45.4 Å². The van der Waals surface area contributed by atoms with Crippen LogP contribution in [0.25, 0.3) is 11.0 Å². The van der Waals surface area contributed by atoms with E-state index in [0.29, 0.717) is 18.1 Å². The van der Waals surface area contributed by atoms with Crippen LogP contribution in [0.5, 0.6) is 5.75 Å². The van der Waals surface area contributed by atoms with Gasteiger partial charge >= 0.3 is 0 Å². The summed E-state index contributed by atoms with van der Waals surface area (Å²) in [6.45, 7) is 5.96. The van der Waals surface area contributed by atoms with Crippen molar-refractivity contribution in [2.24, 2.45) is 0 Å². The van der Waals surface area contributed by atoms with Crippen molar-refractivity contribution < 1.29 is 13.7 Å². The molecule has 1 aliphatic heterocycles. The van der Waals surface area contributed by atoms with E-state index >= 15 is 0 Å². The predicted octanol–water partition coefficient (Wildman–Crippen LogP) is 5.94. The van der Waals surface area contributed by atoms with E-state index in [0.717, 1.165) is 66.6 Å². The standard InChI is InChI=1S/C23H26BrFN2O2/c1-2-16-4-7-21(20(24)14-16)28-13-3-10-27-11-8-17(9-12-27)23-19-6-5-18(25)15-22(19)29-26-23/h4-7,14-15,17H,2-3,8-13H2,1H3. The molecule has 1 aromatic heterocycles. The van der Waals surface area contributed by atoms with Crippen molar-refractivity contribution in [2.45, 2.75) is 38.5 Å². The molecule has 0 radical (unpaired) electrons. The Bertz CT molecular complexity index is 967. The number of likely N-dealkylation sites (tertiary alicyclic amines) is 1. The van der Waals surface area contributed by atoms with Crippen LogP contribution < -0.4 is 4.74 Å². The van der Waals surface area contributed by atoms with Gasteiger partial charge in [-0.1, -0.05) is 18.1 Å². The maximum absolute atomic E-state index is 13.3. The summed E-state index contributed by atoms with van der Waals surface area (Å²) in [6.07, 6.45) is 4.11. The normalized spacial score (nSPS) is 15.8. The molecule has 0 aliphatic carbocycles. The Hall–Kier alpha value is -1.92. The summed E-state index contributed by atoms with van der Waals surface area (Å²) in [7, 11) is 0. The molecule has 0 amide bonds. The molecule has 0 saturated carbocycles. The summed E-state index contributed by atoms with van der Waals surface area (Å²) in [5.41, 5.74) is 2.82. The highest BCUT2D eigenvalue weighted by molar-refractivity contribution is 9.10. The van der Waals surface area contributed by atoms with Crippen LogP contribution in [0.2, 0.25) is 0 Å². The zero-order chi connectivity index (χ0) is 20.2. The van der Waals surface area contributed by atoms with Gasteiger partial charge in [-0.2, -0.15) is 0 Å². The van der Waals surface area contributed by atoms with Gasteiger partial charge in [-0.3, -0.25) is 0 Å². The summed E-state index contributed by atoms with van der Waals surface area (Å²) >= 11 is 3.59. The smallest absolute Gasteiger partial charge is 0.170 e. The molecule has 0 atom stereocenters. The molecule has 0 bridgehead atoms. The molecule has 1 fully saturated rings. The Kier molecular flexibility index (Phi) is 6.50. The first-order valence-electron chi connectivity index (χ1n) is 10.3. The van der Waals surface area contributed by atoms with Gasteiger partial charge in [0.15, 0.2) is 5.58 Å². The van der Waals surface area contributed by atoms with E-state index in [-0.39, 0.29) is 5.82 Å². The molecule has 2 heterocycles. The van der Waals surface area contributed by atoms with E-state index in [2.05, 4.69) is 45.0 Å². The number of fused-ring (bicyclic) bond motifs is 1. The summed E-state index contributed by atoms with van der Waals surface area (Å²) < 4.78 is 25.6. The minimum atomic E-state index is -0.287. The fraction of sp³-hybridized carbons (Fsp3) is 0.435. The number of aromatic nitrogens is 1. The van der Waals surface area contributed by atoms with Gasteiger partial charge in [-0.05, 0) is 84.5 Å². The molecule has 4 rings (SSSR count). The van der Waals surface area contributed by atoms with Gasteiger partial charge in [0, 0.05) is 23.9 Å². The SMILES string of the molecule is CCc1ccc(OCCCN2CCC(c3noc4cc(F)ccc34)CC2)c(Br)c1. The molecule has 3 aromatic rings. The average molecular weight is 461 g/mol. The number of benzene rings is 2. The van der Waals surface area contributed by atoms with Gasteiger partial charge < -0.3 is 14.2 Å². The van der Waals surface area contributed by atoms with Gasteiger partial charge in [0.2, 0.25) is 0 Å². The molecule has 0 unspecified atom stereocenters. The molecule has 0 N–H and O–H groups in total. The predicted molar refractivity (Wildman–Crippen MR) is 116 cm³/mol. The van der Waals surface area contributed by atoms with Gasteiger partial charge in [0.1, 0.15) is 11.6 Å². The maximum Gasteiger partial charge on any atom is 0.170 e. The summed E-state index contributed by atoms with van der Waals surface area (Å²) in [6, 6.07) is 11.0. The van der Waals surface area contributed by atoms with Crippen molar-refractivity contribution in [2.75, 3.05) is 26.2 Å². The van der Waals surface area contributed by atoms with Crippen LogP contribution in [0.4, 0.5) is 4.39 Å². The Morgan fingerprint density at radius 3 is 2.79 bits per heavy atom. The second-order valence-corrected chi connectivity index (χ2v) is 8.50. The monoisotopic (exact) mass is 460 g/mol. The van der Waals surface area contributed by atoms with E-state index in [9.17, 15) is 4.39 Å². The minimum absolute atomic E-state index is 0.287. The van der Waals surface area contributed by atoms with Gasteiger partial charge in [0.05, 0.1) is 16.8 Å². The molecule has 0 spiro atoms. The van der Waals surface area contributed by atoms with Crippen LogP contribution in [0.1, 0.15) is 43.4 Å². The van der Waals surface area contributed by atoms with Crippen molar-refractivity contribution in [3.05, 3.63) is 57.9 Å². The first-order valence-corrected chi connectivity index (χ1v) is 11.1. The van der Waals surface area contributed by atoms with Gasteiger partial charge in [-0.25, -0.2) is 4.39 Å². The van der Waals surface area contributed by atoms with Crippen LogP contribution >= 0.6 is 15.9 Å². The van der Waals surface area contributed by atoms with Crippen LogP contribution in [0.3, 0.4) is 0 Å². The molecular formula is C23H26BrFN2O2. The Morgan fingerprint density at radius 1 is 1.21 bits per heavy atom. The quantitative estimate of drug-likeness (QED) is 0.408. The van der Waals surface area contributed by atoms with E-state index < -0.39 is 0 Å². The van der Waals surface area contributed by atoms with Crippen molar-refractivity contribution in [1.82, 2.24) is 10.1 Å². The number of hydrogen-bond acceptors (Lipinski definition) is 4. The Balaban J connectivity index is 1.23. The number of ether oxygens (including phenoxy) is 1. The largest absolute Gasteiger partial charge is 0.492 e. The topological polar surface area (TPSA) is 38.5 Å². The second-order valence-electron chi connectivity index (χ2n) is 7.64. The highest BCUT2D eigenvalue weighted by Gasteiger charge is 2.25. The highest BCUT2D eigenvalue weighted by Crippen LogP contribution is 2.33. The number of piperidine rings is 1. The number of hydrogen-bond donors (Lipinski definition) is 0. The molecule has 2 aromatic carbocycles. The molecule has 4 nitrogen and oxygen atoms in total. The second kappa shape index (κ2) is 9.26. The number of rotatable bonds is 7. The van der Waals surface area contributed by atoms with E-state index in [4.69, 9.17) is 9.26 Å². The van der Waals surface area contributed by atoms with Crippen molar-refractivity contribution in [1.29, 1.82) is 0 Å². The van der Waals surface area contributed by atoms with E-state index in [1.54, 1.807) is 6.07 Å². The lowest BCUT2D eigenvalue weighted by molar-refractivity contribution is 0.190. The Morgan fingerprint density at radius 2 is 2.03 bits per heavy atom. The molecule has 29 heavy (non-hydrogen) atoms. The van der Waals surface area contributed by atoms with E-state index in [1.807, 2.05) is 6.07 Å².